The van der Waals surface area contributed by atoms with Crippen molar-refractivity contribution in [1.82, 2.24) is 4.98 Å². The van der Waals surface area contributed by atoms with Crippen LogP contribution in [0.4, 0.5) is 5.69 Å². The Kier molecular flexibility index (Phi) is 4.39. The SMILES string of the molecule is COc1cc(NC(=O)c2cccc(Cl)n2)ccc1Br. The van der Waals surface area contributed by atoms with Crippen LogP contribution in [-0.4, -0.2) is 18.0 Å². The largest absolute Gasteiger partial charge is 0.495 e. The molecule has 0 atom stereocenters. The van der Waals surface area contributed by atoms with E-state index in [2.05, 4.69) is 26.2 Å². The number of aromatic nitrogens is 1. The number of pyridine rings is 1. The first-order valence-corrected chi connectivity index (χ1v) is 6.54. The Morgan fingerprint density at radius 3 is 2.84 bits per heavy atom. The molecule has 2 aromatic rings. The number of halogens is 2. The van der Waals surface area contributed by atoms with E-state index in [4.69, 9.17) is 16.3 Å². The second-order valence-electron chi connectivity index (χ2n) is 3.65. The highest BCUT2D eigenvalue weighted by Gasteiger charge is 2.09. The van der Waals surface area contributed by atoms with Gasteiger partial charge >= 0.3 is 0 Å². The zero-order valence-corrected chi connectivity index (χ0v) is 12.3. The van der Waals surface area contributed by atoms with Gasteiger partial charge in [0.05, 0.1) is 11.6 Å². The Balaban J connectivity index is 2.19. The third-order valence-electron chi connectivity index (χ3n) is 2.36. The van der Waals surface area contributed by atoms with Crippen LogP contribution in [0.25, 0.3) is 0 Å². The number of ether oxygens (including phenoxy) is 1. The molecular weight excluding hydrogens is 332 g/mol. The first-order chi connectivity index (χ1) is 9.10. The Morgan fingerprint density at radius 1 is 1.37 bits per heavy atom. The molecule has 0 unspecified atom stereocenters. The molecular formula is C13H10BrClN2O2. The van der Waals surface area contributed by atoms with Crippen LogP contribution in [0.1, 0.15) is 10.5 Å². The number of hydrogen-bond acceptors (Lipinski definition) is 3. The monoisotopic (exact) mass is 340 g/mol. The number of anilines is 1. The molecule has 2 rings (SSSR count). The quantitative estimate of drug-likeness (QED) is 0.865. The topological polar surface area (TPSA) is 51.2 Å². The van der Waals surface area contributed by atoms with E-state index < -0.39 is 0 Å². The minimum absolute atomic E-state index is 0.259. The summed E-state index contributed by atoms with van der Waals surface area (Å²) in [6.07, 6.45) is 0. The van der Waals surface area contributed by atoms with Crippen molar-refractivity contribution < 1.29 is 9.53 Å². The van der Waals surface area contributed by atoms with Gasteiger partial charge in [0.1, 0.15) is 16.6 Å². The molecule has 0 saturated heterocycles. The lowest BCUT2D eigenvalue weighted by molar-refractivity contribution is 0.102. The van der Waals surface area contributed by atoms with E-state index in [0.29, 0.717) is 11.4 Å². The minimum Gasteiger partial charge on any atom is -0.495 e. The Bertz CT molecular complexity index is 619. The van der Waals surface area contributed by atoms with Gasteiger partial charge in [-0.2, -0.15) is 0 Å². The lowest BCUT2D eigenvalue weighted by atomic mass is 10.2. The predicted octanol–water partition coefficient (Wildman–Crippen LogP) is 3.76. The minimum atomic E-state index is -0.327. The van der Waals surface area contributed by atoms with Crippen molar-refractivity contribution in [2.24, 2.45) is 0 Å². The summed E-state index contributed by atoms with van der Waals surface area (Å²) in [6.45, 7) is 0. The number of nitrogens with one attached hydrogen (secondary N) is 1. The summed E-state index contributed by atoms with van der Waals surface area (Å²) in [6, 6.07) is 10.1. The second-order valence-corrected chi connectivity index (χ2v) is 4.89. The highest BCUT2D eigenvalue weighted by molar-refractivity contribution is 9.10. The van der Waals surface area contributed by atoms with E-state index in [0.717, 1.165) is 4.47 Å². The van der Waals surface area contributed by atoms with Gasteiger partial charge in [0.25, 0.3) is 5.91 Å². The van der Waals surface area contributed by atoms with E-state index in [-0.39, 0.29) is 16.8 Å². The molecule has 1 N–H and O–H groups in total. The van der Waals surface area contributed by atoms with Gasteiger partial charge in [0.15, 0.2) is 0 Å². The molecule has 0 aliphatic rings. The molecule has 1 aromatic heterocycles. The Hall–Kier alpha value is -1.59. The molecule has 0 radical (unpaired) electrons. The van der Waals surface area contributed by atoms with Gasteiger partial charge in [-0.1, -0.05) is 17.7 Å². The number of methoxy groups -OCH3 is 1. The van der Waals surface area contributed by atoms with E-state index in [9.17, 15) is 4.79 Å². The van der Waals surface area contributed by atoms with E-state index in [1.165, 1.54) is 0 Å². The molecule has 0 bridgehead atoms. The fourth-order valence-electron chi connectivity index (χ4n) is 1.47. The molecule has 4 nitrogen and oxygen atoms in total. The van der Waals surface area contributed by atoms with Gasteiger partial charge in [-0.3, -0.25) is 4.79 Å². The van der Waals surface area contributed by atoms with Crippen LogP contribution < -0.4 is 10.1 Å². The van der Waals surface area contributed by atoms with Crippen molar-refractivity contribution in [3.63, 3.8) is 0 Å². The van der Waals surface area contributed by atoms with Crippen molar-refractivity contribution in [1.29, 1.82) is 0 Å². The average Bonchev–Trinajstić information content (AvgIpc) is 2.41. The van der Waals surface area contributed by atoms with Crippen LogP contribution >= 0.6 is 27.5 Å². The maximum absolute atomic E-state index is 12.0. The molecule has 98 valence electrons. The lowest BCUT2D eigenvalue weighted by Gasteiger charge is -2.08. The van der Waals surface area contributed by atoms with Gasteiger partial charge in [-0.25, -0.2) is 4.98 Å². The molecule has 1 heterocycles. The lowest BCUT2D eigenvalue weighted by Crippen LogP contribution is -2.13. The van der Waals surface area contributed by atoms with E-state index in [1.54, 1.807) is 43.5 Å². The molecule has 0 spiro atoms. The summed E-state index contributed by atoms with van der Waals surface area (Å²) in [4.78, 5) is 15.9. The molecule has 1 aromatic carbocycles. The van der Waals surface area contributed by atoms with Gasteiger partial charge in [0, 0.05) is 11.8 Å². The standard InChI is InChI=1S/C13H10BrClN2O2/c1-19-11-7-8(5-6-9(11)14)16-13(18)10-3-2-4-12(15)17-10/h2-7H,1H3,(H,16,18). The van der Waals surface area contributed by atoms with Crippen molar-refractivity contribution in [2.45, 2.75) is 0 Å². The normalized spacial score (nSPS) is 10.1. The molecule has 19 heavy (non-hydrogen) atoms. The van der Waals surface area contributed by atoms with Crippen LogP contribution in [0.15, 0.2) is 40.9 Å². The van der Waals surface area contributed by atoms with Crippen molar-refractivity contribution in [3.05, 3.63) is 51.7 Å². The third kappa shape index (κ3) is 3.45. The van der Waals surface area contributed by atoms with Crippen LogP contribution in [0, 0.1) is 0 Å². The Morgan fingerprint density at radius 2 is 2.16 bits per heavy atom. The average molecular weight is 342 g/mol. The van der Waals surface area contributed by atoms with Crippen molar-refractivity contribution >= 4 is 39.1 Å². The van der Waals surface area contributed by atoms with Crippen LogP contribution in [-0.2, 0) is 0 Å². The zero-order chi connectivity index (χ0) is 13.8. The highest BCUT2D eigenvalue weighted by Crippen LogP contribution is 2.28. The molecule has 6 heteroatoms. The number of rotatable bonds is 3. The predicted molar refractivity (Wildman–Crippen MR) is 77.9 cm³/mol. The molecule has 0 fully saturated rings. The van der Waals surface area contributed by atoms with Gasteiger partial charge in [-0.05, 0) is 40.2 Å². The van der Waals surface area contributed by atoms with Crippen LogP contribution in [0.5, 0.6) is 5.75 Å². The summed E-state index contributed by atoms with van der Waals surface area (Å²) in [5, 5.41) is 3.01. The summed E-state index contributed by atoms with van der Waals surface area (Å²) >= 11 is 9.09. The number of benzene rings is 1. The number of carbonyl (C=O) groups is 1. The maximum Gasteiger partial charge on any atom is 0.274 e. The Labute approximate surface area is 123 Å². The zero-order valence-electron chi connectivity index (χ0n) is 9.98. The number of hydrogen-bond donors (Lipinski definition) is 1. The van der Waals surface area contributed by atoms with Crippen LogP contribution in [0.2, 0.25) is 5.15 Å². The van der Waals surface area contributed by atoms with Crippen molar-refractivity contribution in [2.75, 3.05) is 12.4 Å². The van der Waals surface area contributed by atoms with Gasteiger partial charge in [-0.15, -0.1) is 0 Å². The molecule has 0 aliphatic carbocycles. The van der Waals surface area contributed by atoms with Gasteiger partial charge < -0.3 is 10.1 Å². The summed E-state index contributed by atoms with van der Waals surface area (Å²) in [5.74, 6) is 0.309. The smallest absolute Gasteiger partial charge is 0.274 e. The van der Waals surface area contributed by atoms with E-state index in [1.807, 2.05) is 0 Å². The summed E-state index contributed by atoms with van der Waals surface area (Å²) in [5.41, 5.74) is 0.876. The van der Waals surface area contributed by atoms with Crippen LogP contribution in [0.3, 0.4) is 0 Å². The van der Waals surface area contributed by atoms with E-state index >= 15 is 0 Å². The van der Waals surface area contributed by atoms with Gasteiger partial charge in [0.2, 0.25) is 0 Å². The number of nitrogens with zero attached hydrogens (tertiary/aromatic N) is 1. The molecule has 0 aliphatic heterocycles. The first-order valence-electron chi connectivity index (χ1n) is 5.37. The summed E-state index contributed by atoms with van der Waals surface area (Å²) in [7, 11) is 1.56. The maximum atomic E-state index is 12.0. The third-order valence-corrected chi connectivity index (χ3v) is 3.22. The fraction of sp³-hybridized carbons (Fsp3) is 0.0769. The summed E-state index contributed by atoms with van der Waals surface area (Å²) < 4.78 is 5.97. The number of carbonyl (C=O) groups excluding carboxylic acids is 1. The van der Waals surface area contributed by atoms with Crippen molar-refractivity contribution in [3.8, 4) is 5.75 Å². The second kappa shape index (κ2) is 6.04. The molecule has 1 amide bonds. The molecule has 0 saturated carbocycles. The first kappa shape index (κ1) is 13.8. The fourth-order valence-corrected chi connectivity index (χ4v) is 2.04. The highest BCUT2D eigenvalue weighted by atomic mass is 79.9. The number of amides is 1.